The van der Waals surface area contributed by atoms with E-state index in [0.717, 1.165) is 61.9 Å². The van der Waals surface area contributed by atoms with Crippen LogP contribution in [-0.2, 0) is 0 Å². The van der Waals surface area contributed by atoms with Crippen molar-refractivity contribution in [2.45, 2.75) is 31.7 Å². The molecule has 2 rings (SSSR count). The van der Waals surface area contributed by atoms with Crippen molar-refractivity contribution in [1.29, 1.82) is 0 Å². The first-order chi connectivity index (χ1) is 10.2. The molecule has 2 nitrogen and oxygen atoms in total. The van der Waals surface area contributed by atoms with Crippen molar-refractivity contribution >= 4 is 15.9 Å². The molecule has 21 heavy (non-hydrogen) atoms. The van der Waals surface area contributed by atoms with Crippen molar-refractivity contribution in [3.63, 3.8) is 0 Å². The van der Waals surface area contributed by atoms with Crippen LogP contribution in [0.4, 0.5) is 4.39 Å². The van der Waals surface area contributed by atoms with Gasteiger partial charge in [0.25, 0.3) is 0 Å². The molecule has 0 aliphatic carbocycles. The number of allylic oxidation sites excluding steroid dienone is 1. The Morgan fingerprint density at radius 3 is 2.76 bits per heavy atom. The maximum Gasteiger partial charge on any atom is 0.129 e. The molecule has 0 saturated carbocycles. The highest BCUT2D eigenvalue weighted by Crippen LogP contribution is 2.30. The summed E-state index contributed by atoms with van der Waals surface area (Å²) in [5.41, 5.74) is 0.832. The lowest BCUT2D eigenvalue weighted by molar-refractivity contribution is 0.160. The summed E-state index contributed by atoms with van der Waals surface area (Å²) >= 11 is 3.34. The average molecular weight is 355 g/mol. The molecular weight excluding hydrogens is 331 g/mol. The third-order valence-electron chi connectivity index (χ3n) is 4.05. The Bertz CT molecular complexity index is 458. The zero-order valence-electron chi connectivity index (χ0n) is 12.5. The highest BCUT2D eigenvalue weighted by molar-refractivity contribution is 9.10. The highest BCUT2D eigenvalue weighted by atomic mass is 79.9. The van der Waals surface area contributed by atoms with Crippen LogP contribution in [0.3, 0.4) is 0 Å². The summed E-state index contributed by atoms with van der Waals surface area (Å²) in [6.07, 6.45) is 6.24. The van der Waals surface area contributed by atoms with Gasteiger partial charge in [0.2, 0.25) is 0 Å². The summed E-state index contributed by atoms with van der Waals surface area (Å²) in [5, 5.41) is 3.36. The van der Waals surface area contributed by atoms with E-state index in [1.54, 1.807) is 6.07 Å². The smallest absolute Gasteiger partial charge is 0.129 e. The Kier molecular flexibility index (Phi) is 6.87. The van der Waals surface area contributed by atoms with Crippen molar-refractivity contribution in [2.75, 3.05) is 26.2 Å². The van der Waals surface area contributed by atoms with Crippen LogP contribution in [0.1, 0.15) is 37.3 Å². The van der Waals surface area contributed by atoms with Crippen LogP contribution in [0, 0.1) is 5.82 Å². The molecule has 1 heterocycles. The maximum absolute atomic E-state index is 14.3. The normalized spacial score (nSPS) is 17.6. The summed E-state index contributed by atoms with van der Waals surface area (Å²) in [6.45, 7) is 7.72. The van der Waals surface area contributed by atoms with E-state index in [1.165, 1.54) is 0 Å². The average Bonchev–Trinajstić information content (AvgIpc) is 2.49. The van der Waals surface area contributed by atoms with E-state index in [2.05, 4.69) is 32.7 Å². The molecule has 1 aromatic rings. The molecule has 1 aliphatic heterocycles. The minimum absolute atomic E-state index is 0.100. The molecule has 1 aliphatic rings. The van der Waals surface area contributed by atoms with Gasteiger partial charge in [-0.05, 0) is 31.4 Å². The Hall–Kier alpha value is -0.710. The van der Waals surface area contributed by atoms with Crippen LogP contribution in [0.15, 0.2) is 35.3 Å². The first kappa shape index (κ1) is 16.7. The molecule has 1 atom stereocenters. The van der Waals surface area contributed by atoms with Gasteiger partial charge in [0.1, 0.15) is 5.82 Å². The van der Waals surface area contributed by atoms with Crippen LogP contribution in [0.25, 0.3) is 0 Å². The largest absolute Gasteiger partial charge is 0.314 e. The minimum atomic E-state index is -0.100. The van der Waals surface area contributed by atoms with Gasteiger partial charge in [-0.3, -0.25) is 4.90 Å². The molecule has 1 aromatic carbocycles. The molecule has 0 amide bonds. The summed E-state index contributed by atoms with van der Waals surface area (Å²) in [6, 6.07) is 5.63. The summed E-state index contributed by atoms with van der Waals surface area (Å²) in [5.74, 6) is -0.100. The molecule has 0 spiro atoms. The van der Waals surface area contributed by atoms with Crippen molar-refractivity contribution < 1.29 is 4.39 Å². The molecule has 0 radical (unpaired) electrons. The lowest BCUT2D eigenvalue weighted by atomic mass is 9.97. The van der Waals surface area contributed by atoms with Gasteiger partial charge < -0.3 is 5.32 Å². The van der Waals surface area contributed by atoms with Gasteiger partial charge in [0.05, 0.1) is 0 Å². The van der Waals surface area contributed by atoms with Crippen molar-refractivity contribution in [1.82, 2.24) is 10.2 Å². The maximum atomic E-state index is 14.3. The molecule has 1 fully saturated rings. The van der Waals surface area contributed by atoms with E-state index in [9.17, 15) is 4.39 Å². The van der Waals surface area contributed by atoms with E-state index in [4.69, 9.17) is 0 Å². The number of nitrogens with zero attached hydrogens (tertiary/aromatic N) is 1. The predicted octanol–water partition coefficient (Wildman–Crippen LogP) is 4.28. The molecule has 0 unspecified atom stereocenters. The van der Waals surface area contributed by atoms with Crippen molar-refractivity contribution in [3.8, 4) is 0 Å². The second-order valence-corrected chi connectivity index (χ2v) is 6.46. The number of unbranched alkanes of at least 4 members (excludes halogenated alkanes) is 2. The lowest BCUT2D eigenvalue weighted by Gasteiger charge is -2.35. The number of halogens is 2. The molecular formula is C17H24BrFN2. The molecule has 1 saturated heterocycles. The summed E-state index contributed by atoms with van der Waals surface area (Å²) in [7, 11) is 0. The van der Waals surface area contributed by atoms with Gasteiger partial charge in [0.15, 0.2) is 0 Å². The molecule has 0 aromatic heterocycles. The van der Waals surface area contributed by atoms with Crippen LogP contribution in [0.2, 0.25) is 0 Å². The van der Waals surface area contributed by atoms with Crippen LogP contribution in [0.5, 0.6) is 0 Å². The van der Waals surface area contributed by atoms with Crippen LogP contribution < -0.4 is 5.32 Å². The van der Waals surface area contributed by atoms with Crippen LogP contribution >= 0.6 is 15.9 Å². The standard InChI is InChI=1S/C17H24BrFN2/c1-2-3-4-5-6-17(21-11-9-20-10-12-21)15-8-7-14(18)13-16(15)19/h2,7-8,13,17,20H,1,3-6,9-12H2/t17-/m0/s1. The topological polar surface area (TPSA) is 15.3 Å². The SMILES string of the molecule is C=CCCCC[C@@H](c1ccc(Br)cc1F)N1CCNCC1. The zero-order valence-corrected chi connectivity index (χ0v) is 14.0. The number of rotatable bonds is 7. The third-order valence-corrected chi connectivity index (χ3v) is 4.54. The first-order valence-corrected chi connectivity index (χ1v) is 8.52. The van der Waals surface area contributed by atoms with Gasteiger partial charge in [0, 0.05) is 42.3 Å². The van der Waals surface area contributed by atoms with E-state index < -0.39 is 0 Å². The number of nitrogens with one attached hydrogen (secondary N) is 1. The second kappa shape index (κ2) is 8.66. The van der Waals surface area contributed by atoms with E-state index >= 15 is 0 Å². The zero-order chi connectivity index (χ0) is 15.1. The quantitative estimate of drug-likeness (QED) is 0.580. The highest BCUT2D eigenvalue weighted by Gasteiger charge is 2.24. The summed E-state index contributed by atoms with van der Waals surface area (Å²) < 4.78 is 15.1. The minimum Gasteiger partial charge on any atom is -0.314 e. The Labute approximate surface area is 135 Å². The summed E-state index contributed by atoms with van der Waals surface area (Å²) in [4.78, 5) is 2.41. The first-order valence-electron chi connectivity index (χ1n) is 7.73. The van der Waals surface area contributed by atoms with Crippen LogP contribution in [-0.4, -0.2) is 31.1 Å². The van der Waals surface area contributed by atoms with E-state index in [1.807, 2.05) is 18.2 Å². The van der Waals surface area contributed by atoms with Gasteiger partial charge in [-0.25, -0.2) is 4.39 Å². The molecule has 116 valence electrons. The molecule has 0 bridgehead atoms. The second-order valence-electron chi connectivity index (χ2n) is 5.54. The number of hydrogen-bond acceptors (Lipinski definition) is 2. The van der Waals surface area contributed by atoms with Gasteiger partial charge in [-0.1, -0.05) is 34.5 Å². The van der Waals surface area contributed by atoms with Gasteiger partial charge in [-0.15, -0.1) is 6.58 Å². The molecule has 4 heteroatoms. The number of benzene rings is 1. The third kappa shape index (κ3) is 4.90. The molecule has 1 N–H and O–H groups in total. The van der Waals surface area contributed by atoms with Gasteiger partial charge >= 0.3 is 0 Å². The van der Waals surface area contributed by atoms with E-state index in [0.29, 0.717) is 0 Å². The fourth-order valence-electron chi connectivity index (χ4n) is 2.93. The van der Waals surface area contributed by atoms with Gasteiger partial charge in [-0.2, -0.15) is 0 Å². The van der Waals surface area contributed by atoms with Crippen molar-refractivity contribution in [3.05, 3.63) is 46.7 Å². The Balaban J connectivity index is 2.11. The fourth-order valence-corrected chi connectivity index (χ4v) is 3.26. The predicted molar refractivity (Wildman–Crippen MR) is 89.9 cm³/mol. The lowest BCUT2D eigenvalue weighted by Crippen LogP contribution is -2.45. The fraction of sp³-hybridized carbons (Fsp3) is 0.529. The number of piperazine rings is 1. The monoisotopic (exact) mass is 354 g/mol. The Morgan fingerprint density at radius 2 is 2.10 bits per heavy atom. The number of hydrogen-bond donors (Lipinski definition) is 1. The van der Waals surface area contributed by atoms with Crippen molar-refractivity contribution in [2.24, 2.45) is 0 Å². The van der Waals surface area contributed by atoms with E-state index in [-0.39, 0.29) is 11.9 Å². The Morgan fingerprint density at radius 1 is 1.33 bits per heavy atom.